The highest BCUT2D eigenvalue weighted by Gasteiger charge is 2.30. The van der Waals surface area contributed by atoms with E-state index in [1.54, 1.807) is 0 Å². The molecular weight excluding hydrogens is 502 g/mol. The molecule has 8 heteroatoms. The van der Waals surface area contributed by atoms with E-state index in [0.717, 1.165) is 17.6 Å². The van der Waals surface area contributed by atoms with Crippen molar-refractivity contribution in [2.24, 2.45) is 5.92 Å². The van der Waals surface area contributed by atoms with Crippen LogP contribution in [0.1, 0.15) is 59.3 Å². The van der Waals surface area contributed by atoms with Crippen molar-refractivity contribution in [3.63, 3.8) is 0 Å². The summed E-state index contributed by atoms with van der Waals surface area (Å²) < 4.78 is 0. The fourth-order valence-corrected chi connectivity index (χ4v) is 4.07. The van der Waals surface area contributed by atoms with Crippen LogP contribution in [-0.2, 0) is 14.4 Å². The Bertz CT molecular complexity index is 947. The van der Waals surface area contributed by atoms with Gasteiger partial charge in [-0.1, -0.05) is 85.8 Å². The number of carbonyl (C=O) groups excluding carboxylic acids is 3. The van der Waals surface area contributed by atoms with Crippen LogP contribution in [0.15, 0.2) is 71.9 Å². The van der Waals surface area contributed by atoms with Crippen molar-refractivity contribution >= 4 is 29.3 Å². The Morgan fingerprint density at radius 2 is 1.50 bits per heavy atom. The van der Waals surface area contributed by atoms with Crippen LogP contribution in [0.3, 0.4) is 0 Å². The van der Waals surface area contributed by atoms with Crippen molar-refractivity contribution in [1.29, 1.82) is 0 Å². The van der Waals surface area contributed by atoms with Crippen LogP contribution < -0.4 is 16.0 Å². The molecule has 7 nitrogen and oxygen atoms in total. The van der Waals surface area contributed by atoms with E-state index in [1.165, 1.54) is 6.38 Å². The van der Waals surface area contributed by atoms with E-state index in [0.29, 0.717) is 32.2 Å². The molecule has 2 aliphatic carbocycles. The van der Waals surface area contributed by atoms with E-state index in [1.807, 2.05) is 75.5 Å². The Labute approximate surface area is 232 Å². The van der Waals surface area contributed by atoms with Gasteiger partial charge in [-0.25, -0.2) is 0 Å². The third-order valence-corrected chi connectivity index (χ3v) is 6.12. The Balaban J connectivity index is 0.00000352. The summed E-state index contributed by atoms with van der Waals surface area (Å²) in [6.07, 6.45) is 22.8. The minimum atomic E-state index is -1.07. The number of alkyl halides is 1. The molecule has 0 radical (unpaired) electrons. The highest BCUT2D eigenvalue weighted by atomic mass is 35.5. The van der Waals surface area contributed by atoms with Crippen LogP contribution in [0.5, 0.6) is 0 Å². The first-order valence-corrected chi connectivity index (χ1v) is 14.0. The molecule has 0 fully saturated rings. The second kappa shape index (κ2) is 19.2. The molecular formula is C30H44ClN3O4. The smallest absolute Gasteiger partial charge is 0.243 e. The lowest BCUT2D eigenvalue weighted by Crippen LogP contribution is -2.55. The van der Waals surface area contributed by atoms with Gasteiger partial charge >= 0.3 is 0 Å². The lowest BCUT2D eigenvalue weighted by molar-refractivity contribution is -0.131. The minimum absolute atomic E-state index is 0.117. The number of amides is 3. The Hall–Kier alpha value is -2.90. The first-order valence-electron chi connectivity index (χ1n) is 13.2. The van der Waals surface area contributed by atoms with E-state index < -0.39 is 18.2 Å². The quantitative estimate of drug-likeness (QED) is 0.257. The van der Waals surface area contributed by atoms with Crippen LogP contribution >= 0.6 is 11.6 Å². The summed E-state index contributed by atoms with van der Waals surface area (Å²) in [5.74, 6) is -0.979. The normalized spacial score (nSPS) is 16.6. The van der Waals surface area contributed by atoms with Crippen LogP contribution in [0.25, 0.3) is 0 Å². The van der Waals surface area contributed by atoms with Crippen molar-refractivity contribution < 1.29 is 19.5 Å². The fourth-order valence-electron chi connectivity index (χ4n) is 4.07. The molecule has 0 aromatic heterocycles. The van der Waals surface area contributed by atoms with E-state index in [9.17, 15) is 19.5 Å². The van der Waals surface area contributed by atoms with Gasteiger partial charge in [0.15, 0.2) is 0 Å². The maximum Gasteiger partial charge on any atom is 0.243 e. The van der Waals surface area contributed by atoms with Gasteiger partial charge in [0.1, 0.15) is 6.04 Å². The molecule has 3 atom stereocenters. The third-order valence-electron chi connectivity index (χ3n) is 6.12. The highest BCUT2D eigenvalue weighted by Crippen LogP contribution is 2.18. The summed E-state index contributed by atoms with van der Waals surface area (Å²) in [5, 5.41) is 19.4. The monoisotopic (exact) mass is 545 g/mol. The first kappa shape index (κ1) is 33.1. The second-order valence-electron chi connectivity index (χ2n) is 9.52. The average Bonchev–Trinajstić information content (AvgIpc) is 3.32. The van der Waals surface area contributed by atoms with Gasteiger partial charge in [0.25, 0.3) is 0 Å². The summed E-state index contributed by atoms with van der Waals surface area (Å²) in [7, 11) is 0. The Morgan fingerprint density at radius 3 is 2.11 bits per heavy atom. The fraction of sp³-hybridized carbons (Fsp3) is 0.500. The molecule has 2 rings (SSSR count). The topological polar surface area (TPSA) is 108 Å². The third kappa shape index (κ3) is 13.1. The number of halogens is 1. The molecule has 0 saturated carbocycles. The van der Waals surface area contributed by atoms with Gasteiger partial charge in [-0.15, -0.1) is 11.6 Å². The predicted molar refractivity (Wildman–Crippen MR) is 156 cm³/mol. The molecule has 0 aromatic rings. The number of nitrogens with one attached hydrogen (secondary N) is 3. The molecule has 0 heterocycles. The van der Waals surface area contributed by atoms with Crippen molar-refractivity contribution in [3.05, 3.63) is 71.9 Å². The highest BCUT2D eigenvalue weighted by molar-refractivity contribution is 6.15. The predicted octanol–water partition coefficient (Wildman–Crippen LogP) is 4.41. The zero-order valence-electron chi connectivity index (χ0n) is 23.1. The molecule has 210 valence electrons. The summed E-state index contributed by atoms with van der Waals surface area (Å²) in [4.78, 5) is 38.1. The van der Waals surface area contributed by atoms with E-state index in [-0.39, 0.29) is 30.1 Å². The van der Waals surface area contributed by atoms with Crippen LogP contribution in [0, 0.1) is 5.92 Å². The number of carbonyl (C=O) groups is 3. The van der Waals surface area contributed by atoms with Crippen molar-refractivity contribution in [2.75, 3.05) is 12.9 Å². The molecule has 2 aliphatic rings. The Morgan fingerprint density at radius 1 is 0.895 bits per heavy atom. The molecule has 2 unspecified atom stereocenters. The van der Waals surface area contributed by atoms with Gasteiger partial charge < -0.3 is 21.1 Å². The van der Waals surface area contributed by atoms with Gasteiger partial charge in [0, 0.05) is 19.3 Å². The van der Waals surface area contributed by atoms with Gasteiger partial charge in [-0.2, -0.15) is 0 Å². The SMILES string of the molecule is CCNC(=O)CC(O)C(CC1=CC=CC=CC1)NC(=O)[C@@H](NC(=O)CCC1=CC=CC=CC1)C(C)C.CCl. The molecule has 0 aromatic carbocycles. The minimum Gasteiger partial charge on any atom is -0.390 e. The Kier molecular flexibility index (Phi) is 16.7. The molecule has 0 spiro atoms. The summed E-state index contributed by atoms with van der Waals surface area (Å²) in [6, 6.07) is -1.42. The molecule has 0 saturated heterocycles. The van der Waals surface area contributed by atoms with Crippen molar-refractivity contribution in [1.82, 2.24) is 16.0 Å². The largest absolute Gasteiger partial charge is 0.390 e. The number of aliphatic hydroxyl groups excluding tert-OH is 1. The second-order valence-corrected chi connectivity index (χ2v) is 9.52. The first-order chi connectivity index (χ1) is 18.3. The van der Waals surface area contributed by atoms with Gasteiger partial charge in [-0.05, 0) is 38.5 Å². The number of hydrogen-bond acceptors (Lipinski definition) is 4. The van der Waals surface area contributed by atoms with Crippen LogP contribution in [0.2, 0.25) is 0 Å². The summed E-state index contributed by atoms with van der Waals surface area (Å²) in [6.45, 7) is 6.03. The zero-order valence-corrected chi connectivity index (χ0v) is 23.8. The summed E-state index contributed by atoms with van der Waals surface area (Å²) >= 11 is 4.64. The van der Waals surface area contributed by atoms with Crippen molar-refractivity contribution in [3.8, 4) is 0 Å². The van der Waals surface area contributed by atoms with E-state index in [2.05, 4.69) is 33.6 Å². The van der Waals surface area contributed by atoms with Gasteiger partial charge in [0.2, 0.25) is 17.7 Å². The number of hydrogen-bond donors (Lipinski definition) is 4. The van der Waals surface area contributed by atoms with Crippen LogP contribution in [-0.4, -0.2) is 53.9 Å². The standard InChI is InChI=1S/C29H41N3O4.CH3Cl/c1-4-30-27(35)20-25(33)24(19-23-15-11-7-8-12-16-23)31-29(36)28(21(2)3)32-26(34)18-17-22-13-9-5-6-10-14-22;1-2/h5-13,15,21,24-25,28,33H,4,14,16-20H2,1-3H3,(H,30,35)(H,31,36)(H,32,34);1H3/t24?,25?,28-;/m0./s1. The van der Waals surface area contributed by atoms with E-state index in [4.69, 9.17) is 0 Å². The van der Waals surface area contributed by atoms with Crippen LogP contribution in [0.4, 0.5) is 0 Å². The molecule has 3 amide bonds. The van der Waals surface area contributed by atoms with E-state index >= 15 is 0 Å². The average molecular weight is 546 g/mol. The number of aliphatic hydroxyl groups is 1. The van der Waals surface area contributed by atoms with Gasteiger partial charge in [0.05, 0.1) is 18.6 Å². The molecule has 4 N–H and O–H groups in total. The molecule has 38 heavy (non-hydrogen) atoms. The number of rotatable bonds is 13. The van der Waals surface area contributed by atoms with Crippen molar-refractivity contribution in [2.45, 2.75) is 77.5 Å². The molecule has 0 bridgehead atoms. The molecule has 0 aliphatic heterocycles. The summed E-state index contributed by atoms with van der Waals surface area (Å²) in [5.41, 5.74) is 2.19. The van der Waals surface area contributed by atoms with Gasteiger partial charge in [-0.3, -0.25) is 14.4 Å². The maximum atomic E-state index is 13.3. The lowest BCUT2D eigenvalue weighted by atomic mass is 9.95. The lowest BCUT2D eigenvalue weighted by Gasteiger charge is -2.29. The number of allylic oxidation sites excluding steroid dienone is 11. The zero-order chi connectivity index (χ0) is 28.3. The maximum absolute atomic E-state index is 13.3.